The predicted molar refractivity (Wildman–Crippen MR) is 133 cm³/mol. The average molecular weight is 452 g/mol. The summed E-state index contributed by atoms with van der Waals surface area (Å²) in [4.78, 5) is 12.3. The molecule has 1 aromatic carbocycles. The summed E-state index contributed by atoms with van der Waals surface area (Å²) in [5.41, 5.74) is 9.11. The Hall–Kier alpha value is -2.87. The topological polar surface area (TPSA) is 93.6 Å². The number of benzene rings is 1. The van der Waals surface area contributed by atoms with Crippen molar-refractivity contribution in [2.75, 3.05) is 36.5 Å². The van der Waals surface area contributed by atoms with E-state index >= 15 is 0 Å². The summed E-state index contributed by atoms with van der Waals surface area (Å²) in [6.07, 6.45) is 5.04. The molecule has 2 bridgehead atoms. The molecule has 0 saturated carbocycles. The molecule has 0 spiro atoms. The summed E-state index contributed by atoms with van der Waals surface area (Å²) >= 11 is 0. The Kier molecular flexibility index (Phi) is 7.02. The summed E-state index contributed by atoms with van der Waals surface area (Å²) < 4.78 is 7.93. The maximum atomic E-state index is 6.11. The highest BCUT2D eigenvalue weighted by atomic mass is 16.5. The maximum absolute atomic E-state index is 6.11. The van der Waals surface area contributed by atoms with Crippen LogP contribution in [0.5, 0.6) is 5.75 Å². The monoisotopic (exact) mass is 451 g/mol. The van der Waals surface area contributed by atoms with Crippen molar-refractivity contribution in [1.82, 2.24) is 19.6 Å². The molecule has 8 nitrogen and oxygen atoms in total. The number of anilines is 2. The molecule has 0 radical (unpaired) electrons. The van der Waals surface area contributed by atoms with E-state index in [0.717, 1.165) is 60.8 Å². The van der Waals surface area contributed by atoms with E-state index in [1.165, 1.54) is 0 Å². The third-order valence-corrected chi connectivity index (χ3v) is 6.20. The van der Waals surface area contributed by atoms with Crippen molar-refractivity contribution in [1.29, 1.82) is 0 Å². The first-order chi connectivity index (χ1) is 15.9. The Morgan fingerprint density at radius 3 is 2.76 bits per heavy atom. The van der Waals surface area contributed by atoms with Gasteiger partial charge in [0.1, 0.15) is 5.75 Å². The number of hydrogen-bond acceptors (Lipinski definition) is 7. The van der Waals surface area contributed by atoms with E-state index in [9.17, 15) is 0 Å². The van der Waals surface area contributed by atoms with Crippen LogP contribution in [0.3, 0.4) is 0 Å². The van der Waals surface area contributed by atoms with Crippen LogP contribution in [0.4, 0.5) is 11.9 Å². The molecule has 2 aromatic heterocycles. The van der Waals surface area contributed by atoms with E-state index in [1.807, 2.05) is 28.9 Å². The lowest BCUT2D eigenvalue weighted by atomic mass is 9.93. The molecule has 0 unspecified atom stereocenters. The first-order valence-corrected chi connectivity index (χ1v) is 12.0. The Bertz CT molecular complexity index is 1080. The van der Waals surface area contributed by atoms with Gasteiger partial charge < -0.3 is 20.7 Å². The van der Waals surface area contributed by atoms with Gasteiger partial charge in [0.25, 0.3) is 0 Å². The molecule has 0 saturated heterocycles. The minimum atomic E-state index is -0.0440. The average Bonchev–Trinajstić information content (AvgIpc) is 3.23. The van der Waals surface area contributed by atoms with Gasteiger partial charge in [-0.15, -0.1) is 0 Å². The van der Waals surface area contributed by atoms with Crippen molar-refractivity contribution in [2.24, 2.45) is 11.1 Å². The van der Waals surface area contributed by atoms with Crippen LogP contribution in [0, 0.1) is 5.41 Å². The third kappa shape index (κ3) is 5.38. The normalized spacial score (nSPS) is 15.6. The van der Waals surface area contributed by atoms with E-state index in [1.54, 1.807) is 0 Å². The van der Waals surface area contributed by atoms with Crippen LogP contribution in [0.1, 0.15) is 64.0 Å². The molecule has 33 heavy (non-hydrogen) atoms. The molecule has 1 aliphatic heterocycles. The molecule has 1 aliphatic rings. The van der Waals surface area contributed by atoms with Crippen LogP contribution < -0.4 is 20.7 Å². The number of para-hydroxylation sites is 1. The van der Waals surface area contributed by atoms with Gasteiger partial charge in [0.05, 0.1) is 12.8 Å². The van der Waals surface area contributed by atoms with Crippen molar-refractivity contribution in [3.05, 3.63) is 41.6 Å². The smallest absolute Gasteiger partial charge is 0.230 e. The Morgan fingerprint density at radius 1 is 1.15 bits per heavy atom. The lowest BCUT2D eigenvalue weighted by Gasteiger charge is -2.32. The second-order valence-electron chi connectivity index (χ2n) is 10.00. The van der Waals surface area contributed by atoms with E-state index in [-0.39, 0.29) is 5.41 Å². The molecule has 3 heterocycles. The predicted octanol–water partition coefficient (Wildman–Crippen LogP) is 4.21. The quantitative estimate of drug-likeness (QED) is 0.613. The highest BCUT2D eigenvalue weighted by Gasteiger charge is 2.24. The standard InChI is InChI=1S/C25H37N7O/c1-18(2)20-15-28-32-22(20)29-24-30-23(32)27-14-19-10-6-7-11-21(19)33-13-9-5-8-12-31(24)17-25(3,4)16-26/h6-7,10-11,15,18H,5,8-9,12-14,16-17,26H2,1-4H3,(H,27,29,30). The van der Waals surface area contributed by atoms with Crippen molar-refractivity contribution < 1.29 is 4.74 Å². The molecule has 0 aliphatic carbocycles. The van der Waals surface area contributed by atoms with Crippen molar-refractivity contribution >= 4 is 17.5 Å². The highest BCUT2D eigenvalue weighted by Crippen LogP contribution is 2.27. The number of nitrogens with one attached hydrogen (secondary N) is 1. The van der Waals surface area contributed by atoms with Gasteiger partial charge in [-0.3, -0.25) is 0 Å². The molecule has 0 fully saturated rings. The zero-order valence-electron chi connectivity index (χ0n) is 20.3. The summed E-state index contributed by atoms with van der Waals surface area (Å²) in [6, 6.07) is 8.18. The first kappa shape index (κ1) is 23.3. The molecule has 0 amide bonds. The minimum Gasteiger partial charge on any atom is -0.493 e. The van der Waals surface area contributed by atoms with E-state index in [4.69, 9.17) is 20.4 Å². The molecule has 4 rings (SSSR count). The van der Waals surface area contributed by atoms with E-state index in [0.29, 0.717) is 31.6 Å². The largest absolute Gasteiger partial charge is 0.493 e. The zero-order chi connectivity index (χ0) is 23.4. The third-order valence-electron chi connectivity index (χ3n) is 6.20. The van der Waals surface area contributed by atoms with Crippen LogP contribution in [0.2, 0.25) is 0 Å². The van der Waals surface area contributed by atoms with Crippen LogP contribution in [0.25, 0.3) is 5.65 Å². The molecule has 178 valence electrons. The van der Waals surface area contributed by atoms with Crippen LogP contribution in [0.15, 0.2) is 30.5 Å². The second kappa shape index (κ2) is 9.95. The number of hydrogen-bond donors (Lipinski definition) is 2. The van der Waals surface area contributed by atoms with Crippen LogP contribution >= 0.6 is 0 Å². The van der Waals surface area contributed by atoms with Gasteiger partial charge in [0, 0.05) is 30.8 Å². The van der Waals surface area contributed by atoms with Gasteiger partial charge in [0.2, 0.25) is 11.9 Å². The summed E-state index contributed by atoms with van der Waals surface area (Å²) in [6.45, 7) is 12.3. The van der Waals surface area contributed by atoms with Gasteiger partial charge in [-0.05, 0) is 43.2 Å². The number of nitrogens with two attached hydrogens (primary N) is 1. The fourth-order valence-corrected chi connectivity index (χ4v) is 4.11. The molecule has 8 heteroatoms. The van der Waals surface area contributed by atoms with Gasteiger partial charge in [0.15, 0.2) is 5.65 Å². The first-order valence-electron chi connectivity index (χ1n) is 12.0. The SMILES string of the molecule is CC(C)c1cnn2c3nc(nc12)N(CC(C)(C)CN)CCCCCOc1ccccc1CN3. The van der Waals surface area contributed by atoms with Crippen molar-refractivity contribution in [3.63, 3.8) is 0 Å². The molecule has 3 N–H and O–H groups in total. The molecule has 3 aromatic rings. The Morgan fingerprint density at radius 2 is 1.97 bits per heavy atom. The maximum Gasteiger partial charge on any atom is 0.230 e. The van der Waals surface area contributed by atoms with Crippen molar-refractivity contribution in [2.45, 2.75) is 59.4 Å². The summed E-state index contributed by atoms with van der Waals surface area (Å²) in [5.74, 6) is 2.65. The van der Waals surface area contributed by atoms with Gasteiger partial charge >= 0.3 is 0 Å². The minimum absolute atomic E-state index is 0.0440. The fourth-order valence-electron chi connectivity index (χ4n) is 4.11. The summed E-state index contributed by atoms with van der Waals surface area (Å²) in [7, 11) is 0. The summed E-state index contributed by atoms with van der Waals surface area (Å²) in [5, 5.41) is 8.12. The highest BCUT2D eigenvalue weighted by molar-refractivity contribution is 5.56. The van der Waals surface area contributed by atoms with Gasteiger partial charge in [-0.25, -0.2) is 0 Å². The molecular formula is C25H37N7O. The number of rotatable bonds is 4. The van der Waals surface area contributed by atoms with Crippen LogP contribution in [-0.2, 0) is 6.54 Å². The second-order valence-corrected chi connectivity index (χ2v) is 10.00. The van der Waals surface area contributed by atoms with E-state index < -0.39 is 0 Å². The Balaban J connectivity index is 1.79. The fraction of sp³-hybridized carbons (Fsp3) is 0.560. The molecule has 0 atom stereocenters. The number of ether oxygens (including phenoxy) is 1. The molecular weight excluding hydrogens is 414 g/mol. The van der Waals surface area contributed by atoms with E-state index in [2.05, 4.69) is 49.1 Å². The number of aromatic nitrogens is 4. The lowest BCUT2D eigenvalue weighted by Crippen LogP contribution is -2.40. The van der Waals surface area contributed by atoms with Gasteiger partial charge in [-0.1, -0.05) is 45.9 Å². The lowest BCUT2D eigenvalue weighted by molar-refractivity contribution is 0.302. The zero-order valence-corrected chi connectivity index (χ0v) is 20.3. The van der Waals surface area contributed by atoms with Crippen LogP contribution in [-0.4, -0.2) is 45.8 Å². The Labute approximate surface area is 196 Å². The van der Waals surface area contributed by atoms with Gasteiger partial charge in [-0.2, -0.15) is 19.6 Å². The number of nitrogens with zero attached hydrogens (tertiary/aromatic N) is 5. The number of fused-ring (bicyclic) bond motifs is 5. The van der Waals surface area contributed by atoms with Crippen molar-refractivity contribution in [3.8, 4) is 5.75 Å².